The van der Waals surface area contributed by atoms with E-state index >= 15 is 0 Å². The van der Waals surface area contributed by atoms with Crippen molar-refractivity contribution in [3.05, 3.63) is 59.7 Å². The van der Waals surface area contributed by atoms with Crippen LogP contribution < -0.4 is 4.90 Å². The van der Waals surface area contributed by atoms with Crippen molar-refractivity contribution < 1.29 is 9.00 Å². The van der Waals surface area contributed by atoms with Crippen molar-refractivity contribution in [3.63, 3.8) is 0 Å². The minimum atomic E-state index is -1.02. The van der Waals surface area contributed by atoms with Gasteiger partial charge in [-0.05, 0) is 35.2 Å². The summed E-state index contributed by atoms with van der Waals surface area (Å²) in [4.78, 5) is 15.3. The van der Waals surface area contributed by atoms with E-state index in [1.807, 2.05) is 48.5 Å². The Morgan fingerprint density at radius 1 is 1.04 bits per heavy atom. The Hall–Kier alpha value is -1.94. The van der Waals surface area contributed by atoms with Crippen LogP contribution in [0.1, 0.15) is 36.7 Å². The molecule has 0 aromatic heterocycles. The van der Waals surface area contributed by atoms with E-state index in [1.165, 1.54) is 5.56 Å². The second kappa shape index (κ2) is 5.93. The van der Waals surface area contributed by atoms with Crippen molar-refractivity contribution in [2.75, 3.05) is 17.2 Å². The van der Waals surface area contributed by atoms with Crippen molar-refractivity contribution in [1.82, 2.24) is 0 Å². The summed E-state index contributed by atoms with van der Waals surface area (Å²) < 4.78 is 12.1. The van der Waals surface area contributed by atoms with Crippen molar-refractivity contribution in [2.45, 2.75) is 31.1 Å². The number of para-hydroxylation sites is 1. The lowest BCUT2D eigenvalue weighted by atomic mass is 9.86. The summed E-state index contributed by atoms with van der Waals surface area (Å²) in [6.07, 6.45) is 0. The van der Waals surface area contributed by atoms with Crippen LogP contribution in [-0.4, -0.2) is 22.4 Å². The van der Waals surface area contributed by atoms with Gasteiger partial charge in [-0.1, -0.05) is 45.0 Å². The van der Waals surface area contributed by atoms with Crippen LogP contribution in [0.15, 0.2) is 53.4 Å². The molecule has 2 aromatic rings. The average Bonchev–Trinajstić information content (AvgIpc) is 2.54. The van der Waals surface area contributed by atoms with Gasteiger partial charge in [0.25, 0.3) is 5.91 Å². The Morgan fingerprint density at radius 3 is 2.35 bits per heavy atom. The van der Waals surface area contributed by atoms with E-state index in [9.17, 15) is 9.00 Å². The molecule has 23 heavy (non-hydrogen) atoms. The molecule has 0 bridgehead atoms. The fraction of sp³-hybridized carbons (Fsp3) is 0.316. The molecule has 2 aromatic carbocycles. The summed E-state index contributed by atoms with van der Waals surface area (Å²) in [5.41, 5.74) is 2.70. The van der Waals surface area contributed by atoms with E-state index in [0.717, 1.165) is 10.6 Å². The van der Waals surface area contributed by atoms with E-state index in [4.69, 9.17) is 0 Å². The second-order valence-corrected chi connectivity index (χ2v) is 8.34. The highest BCUT2D eigenvalue weighted by molar-refractivity contribution is 7.85. The molecule has 0 radical (unpaired) electrons. The third-order valence-corrected chi connectivity index (χ3v) is 5.53. The number of nitrogens with zero attached hydrogens (tertiary/aromatic N) is 1. The lowest BCUT2D eigenvalue weighted by Gasteiger charge is -2.29. The van der Waals surface area contributed by atoms with Gasteiger partial charge in [-0.15, -0.1) is 0 Å². The lowest BCUT2D eigenvalue weighted by Crippen LogP contribution is -2.38. The minimum Gasteiger partial charge on any atom is -0.306 e. The van der Waals surface area contributed by atoms with Crippen molar-refractivity contribution in [2.24, 2.45) is 0 Å². The summed E-state index contributed by atoms with van der Waals surface area (Å²) in [5.74, 6) is 0.456. The van der Waals surface area contributed by atoms with Crippen LogP contribution in [-0.2, 0) is 16.2 Å². The molecule has 0 aliphatic carbocycles. The summed E-state index contributed by atoms with van der Waals surface area (Å²) in [7, 11) is -1.02. The SMILES string of the molecule is CC(C)(C)c1ccc(C(=O)N2CCS(=O)c3ccccc32)cc1. The number of fused-ring (bicyclic) bond motifs is 1. The van der Waals surface area contributed by atoms with Gasteiger partial charge in [0.15, 0.2) is 0 Å². The van der Waals surface area contributed by atoms with Crippen LogP contribution >= 0.6 is 0 Å². The monoisotopic (exact) mass is 327 g/mol. The zero-order chi connectivity index (χ0) is 16.6. The summed E-state index contributed by atoms with van der Waals surface area (Å²) in [6.45, 7) is 6.95. The Bertz CT molecular complexity index is 760. The predicted octanol–water partition coefficient (Wildman–Crippen LogP) is 3.75. The average molecular weight is 327 g/mol. The molecule has 0 N–H and O–H groups in total. The molecule has 0 spiro atoms. The summed E-state index contributed by atoms with van der Waals surface area (Å²) in [6, 6.07) is 15.3. The van der Waals surface area contributed by atoms with Gasteiger partial charge in [0.2, 0.25) is 0 Å². The lowest BCUT2D eigenvalue weighted by molar-refractivity contribution is 0.0987. The Kier molecular flexibility index (Phi) is 4.11. The number of benzene rings is 2. The van der Waals surface area contributed by atoms with E-state index < -0.39 is 10.8 Å². The summed E-state index contributed by atoms with van der Waals surface area (Å²) in [5, 5.41) is 0. The number of hydrogen-bond donors (Lipinski definition) is 0. The molecule has 0 saturated heterocycles. The second-order valence-electron chi connectivity index (χ2n) is 6.80. The maximum atomic E-state index is 12.9. The van der Waals surface area contributed by atoms with Crippen molar-refractivity contribution in [3.8, 4) is 0 Å². The van der Waals surface area contributed by atoms with Crippen LogP contribution in [0.4, 0.5) is 5.69 Å². The Balaban J connectivity index is 1.92. The van der Waals surface area contributed by atoms with Crippen molar-refractivity contribution >= 4 is 22.4 Å². The van der Waals surface area contributed by atoms with E-state index in [2.05, 4.69) is 20.8 Å². The quantitative estimate of drug-likeness (QED) is 0.800. The first kappa shape index (κ1) is 15.9. The molecule has 120 valence electrons. The van der Waals surface area contributed by atoms with Gasteiger partial charge in [-0.25, -0.2) is 0 Å². The molecule has 1 amide bonds. The number of carbonyl (C=O) groups excluding carboxylic acids is 1. The molecule has 1 aliphatic rings. The van der Waals surface area contributed by atoms with Crippen LogP contribution in [0.2, 0.25) is 0 Å². The fourth-order valence-electron chi connectivity index (χ4n) is 2.76. The third-order valence-electron chi connectivity index (χ3n) is 4.14. The Labute approximate surface area is 139 Å². The highest BCUT2D eigenvalue weighted by Crippen LogP contribution is 2.29. The molecular formula is C19H21NO2S. The van der Waals surface area contributed by atoms with Crippen LogP contribution in [0.5, 0.6) is 0 Å². The first-order chi connectivity index (χ1) is 10.9. The number of hydrogen-bond acceptors (Lipinski definition) is 2. The fourth-order valence-corrected chi connectivity index (χ4v) is 3.97. The van der Waals surface area contributed by atoms with Gasteiger partial charge in [-0.2, -0.15) is 0 Å². The number of anilines is 1. The Morgan fingerprint density at radius 2 is 1.70 bits per heavy atom. The largest absolute Gasteiger partial charge is 0.306 e. The smallest absolute Gasteiger partial charge is 0.258 e. The maximum Gasteiger partial charge on any atom is 0.258 e. The highest BCUT2D eigenvalue weighted by atomic mass is 32.2. The molecule has 1 unspecified atom stereocenters. The topological polar surface area (TPSA) is 37.4 Å². The van der Waals surface area contributed by atoms with Crippen molar-refractivity contribution in [1.29, 1.82) is 0 Å². The number of rotatable bonds is 1. The van der Waals surface area contributed by atoms with E-state index in [0.29, 0.717) is 17.9 Å². The van der Waals surface area contributed by atoms with Gasteiger partial charge in [-0.3, -0.25) is 9.00 Å². The standard InChI is InChI=1S/C19H21NO2S/c1-19(2,3)15-10-8-14(9-11-15)18(21)20-12-13-23(22)17-7-5-4-6-16(17)20/h4-11H,12-13H2,1-3H3. The zero-order valence-electron chi connectivity index (χ0n) is 13.7. The van der Waals surface area contributed by atoms with Gasteiger partial charge in [0, 0.05) is 17.9 Å². The number of carbonyl (C=O) groups is 1. The predicted molar refractivity (Wildman–Crippen MR) is 94.5 cm³/mol. The molecule has 0 fully saturated rings. The molecule has 1 aliphatic heterocycles. The van der Waals surface area contributed by atoms with Crippen LogP contribution in [0.3, 0.4) is 0 Å². The van der Waals surface area contributed by atoms with Crippen LogP contribution in [0.25, 0.3) is 0 Å². The molecule has 1 heterocycles. The van der Waals surface area contributed by atoms with E-state index in [-0.39, 0.29) is 11.3 Å². The summed E-state index contributed by atoms with van der Waals surface area (Å²) >= 11 is 0. The van der Waals surface area contributed by atoms with Gasteiger partial charge >= 0.3 is 0 Å². The zero-order valence-corrected chi connectivity index (χ0v) is 14.5. The third kappa shape index (κ3) is 3.08. The molecule has 3 rings (SSSR count). The molecule has 3 nitrogen and oxygen atoms in total. The molecule has 4 heteroatoms. The molecular weight excluding hydrogens is 306 g/mol. The highest BCUT2D eigenvalue weighted by Gasteiger charge is 2.27. The van der Waals surface area contributed by atoms with Crippen LogP contribution in [0, 0.1) is 0 Å². The number of amides is 1. The first-order valence-corrected chi connectivity index (χ1v) is 9.09. The maximum absolute atomic E-state index is 12.9. The van der Waals surface area contributed by atoms with Gasteiger partial charge in [0.1, 0.15) is 0 Å². The van der Waals surface area contributed by atoms with E-state index in [1.54, 1.807) is 4.90 Å². The normalized spacial score (nSPS) is 17.7. The molecule has 0 saturated carbocycles. The van der Waals surface area contributed by atoms with Gasteiger partial charge in [0.05, 0.1) is 21.4 Å². The minimum absolute atomic E-state index is 0.0328. The van der Waals surface area contributed by atoms with Gasteiger partial charge < -0.3 is 4.90 Å². The first-order valence-electron chi connectivity index (χ1n) is 7.78. The molecule has 1 atom stereocenters.